The Morgan fingerprint density at radius 3 is 2.47 bits per heavy atom. The summed E-state index contributed by atoms with van der Waals surface area (Å²) in [5.74, 6) is 0.813. The lowest BCUT2D eigenvalue weighted by atomic mass is 10.1. The molecule has 3 aromatic carbocycles. The number of para-hydroxylation sites is 1. The summed E-state index contributed by atoms with van der Waals surface area (Å²) >= 11 is 1.35. The molecule has 5 aromatic rings. The molecule has 5 rings (SSSR count). The Kier molecular flexibility index (Phi) is 6.86. The third-order valence-corrected chi connectivity index (χ3v) is 7.16. The highest BCUT2D eigenvalue weighted by molar-refractivity contribution is 7.99. The summed E-state index contributed by atoms with van der Waals surface area (Å²) in [6.45, 7) is 7.88. The number of rotatable bonds is 8. The molecule has 1 amide bonds. The zero-order valence-corrected chi connectivity index (χ0v) is 21.4. The highest BCUT2D eigenvalue weighted by Crippen LogP contribution is 2.29. The minimum Gasteiger partial charge on any atom is -0.341 e. The van der Waals surface area contributed by atoms with Crippen molar-refractivity contribution in [2.75, 3.05) is 5.75 Å². The molecule has 0 atom stereocenters. The molecule has 0 aliphatic heterocycles. The summed E-state index contributed by atoms with van der Waals surface area (Å²) in [5.41, 5.74) is 8.19. The number of aromatic nitrogens is 4. The molecule has 7 nitrogen and oxygen atoms in total. The molecule has 0 bridgehead atoms. The van der Waals surface area contributed by atoms with E-state index >= 15 is 0 Å². The Labute approximate surface area is 214 Å². The van der Waals surface area contributed by atoms with Crippen LogP contribution in [0.3, 0.4) is 0 Å². The van der Waals surface area contributed by atoms with Crippen molar-refractivity contribution in [3.8, 4) is 11.4 Å². The topological polar surface area (TPSA) is 77.1 Å². The zero-order valence-electron chi connectivity index (χ0n) is 20.6. The van der Waals surface area contributed by atoms with Crippen molar-refractivity contribution < 1.29 is 4.79 Å². The van der Waals surface area contributed by atoms with Gasteiger partial charge >= 0.3 is 0 Å². The lowest BCUT2D eigenvalue weighted by Gasteiger charge is -2.07. The van der Waals surface area contributed by atoms with Gasteiger partial charge in [0, 0.05) is 40.5 Å². The summed E-state index contributed by atoms with van der Waals surface area (Å²) in [4.78, 5) is 12.4. The molecule has 0 saturated heterocycles. The second-order valence-corrected chi connectivity index (χ2v) is 9.48. The highest BCUT2D eigenvalue weighted by atomic mass is 32.2. The number of benzene rings is 3. The fourth-order valence-corrected chi connectivity index (χ4v) is 5.22. The quantitative estimate of drug-likeness (QED) is 0.171. The molecule has 0 unspecified atom stereocenters. The molecular weight excluding hydrogens is 468 g/mol. The largest absolute Gasteiger partial charge is 0.341 e. The summed E-state index contributed by atoms with van der Waals surface area (Å²) < 4.78 is 4.33. The van der Waals surface area contributed by atoms with Gasteiger partial charge in [0.15, 0.2) is 11.0 Å². The molecule has 2 heterocycles. The minimum absolute atomic E-state index is 0.192. The molecule has 0 fully saturated rings. The van der Waals surface area contributed by atoms with E-state index in [4.69, 9.17) is 0 Å². The maximum Gasteiger partial charge on any atom is 0.250 e. The van der Waals surface area contributed by atoms with Gasteiger partial charge < -0.3 is 9.13 Å². The number of hydrogen-bond acceptors (Lipinski definition) is 5. The third kappa shape index (κ3) is 4.64. The number of carbonyl (C=O) groups excluding carboxylic acids is 1. The fourth-order valence-electron chi connectivity index (χ4n) is 4.43. The first-order valence-electron chi connectivity index (χ1n) is 12.0. The maximum atomic E-state index is 12.4. The Morgan fingerprint density at radius 2 is 1.69 bits per heavy atom. The molecule has 182 valence electrons. The Hall–Kier alpha value is -3.91. The van der Waals surface area contributed by atoms with Gasteiger partial charge in [-0.15, -0.1) is 10.2 Å². The van der Waals surface area contributed by atoms with Crippen molar-refractivity contribution in [2.24, 2.45) is 5.10 Å². The summed E-state index contributed by atoms with van der Waals surface area (Å²) in [5, 5.41) is 16.0. The molecular formula is C28H28N6OS. The average molecular weight is 497 g/mol. The molecule has 0 aliphatic carbocycles. The number of fused-ring (bicyclic) bond motifs is 3. The number of thioether (sulfide) groups is 1. The van der Waals surface area contributed by atoms with Crippen LogP contribution in [-0.4, -0.2) is 37.2 Å². The number of nitrogens with zero attached hydrogens (tertiary/aromatic N) is 5. The van der Waals surface area contributed by atoms with E-state index in [1.807, 2.05) is 29.7 Å². The van der Waals surface area contributed by atoms with Crippen LogP contribution in [0.2, 0.25) is 0 Å². The molecule has 1 N–H and O–H groups in total. The number of hydrogen-bond donors (Lipinski definition) is 1. The van der Waals surface area contributed by atoms with Crippen LogP contribution in [0.1, 0.15) is 25.0 Å². The number of amides is 1. The molecule has 0 radical (unpaired) electrons. The van der Waals surface area contributed by atoms with E-state index in [1.54, 1.807) is 6.21 Å². The van der Waals surface area contributed by atoms with E-state index in [0.29, 0.717) is 5.16 Å². The predicted molar refractivity (Wildman–Crippen MR) is 147 cm³/mol. The van der Waals surface area contributed by atoms with E-state index in [2.05, 4.69) is 87.7 Å². The number of carbonyl (C=O) groups is 1. The van der Waals surface area contributed by atoms with Crippen LogP contribution < -0.4 is 5.43 Å². The van der Waals surface area contributed by atoms with Crippen molar-refractivity contribution >= 4 is 45.7 Å². The smallest absolute Gasteiger partial charge is 0.250 e. The van der Waals surface area contributed by atoms with Crippen molar-refractivity contribution in [2.45, 2.75) is 39.0 Å². The summed E-state index contributed by atoms with van der Waals surface area (Å²) in [6, 6.07) is 22.9. The van der Waals surface area contributed by atoms with Crippen molar-refractivity contribution in [3.63, 3.8) is 0 Å². The number of hydrazone groups is 1. The molecule has 0 aliphatic rings. The van der Waals surface area contributed by atoms with E-state index in [1.165, 1.54) is 39.1 Å². The van der Waals surface area contributed by atoms with Gasteiger partial charge in [0.1, 0.15) is 0 Å². The molecule has 36 heavy (non-hydrogen) atoms. The lowest BCUT2D eigenvalue weighted by molar-refractivity contribution is -0.118. The van der Waals surface area contributed by atoms with Crippen LogP contribution >= 0.6 is 11.8 Å². The van der Waals surface area contributed by atoms with Crippen molar-refractivity contribution in [1.82, 2.24) is 24.8 Å². The monoisotopic (exact) mass is 496 g/mol. The first-order valence-corrected chi connectivity index (χ1v) is 13.0. The van der Waals surface area contributed by atoms with Gasteiger partial charge in [-0.2, -0.15) is 5.10 Å². The molecule has 8 heteroatoms. The lowest BCUT2D eigenvalue weighted by Crippen LogP contribution is -2.20. The second kappa shape index (κ2) is 10.4. The first-order chi connectivity index (χ1) is 17.6. The zero-order chi connectivity index (χ0) is 25.1. The second-order valence-electron chi connectivity index (χ2n) is 8.54. The van der Waals surface area contributed by atoms with Crippen LogP contribution in [0, 0.1) is 6.92 Å². The van der Waals surface area contributed by atoms with Crippen LogP contribution in [0.25, 0.3) is 33.2 Å². The Bertz CT molecular complexity index is 1560. The Morgan fingerprint density at radius 1 is 0.944 bits per heavy atom. The molecule has 2 aromatic heterocycles. The number of nitrogens with one attached hydrogen (secondary N) is 1. The van der Waals surface area contributed by atoms with Crippen molar-refractivity contribution in [1.29, 1.82) is 0 Å². The molecule has 0 saturated carbocycles. The van der Waals surface area contributed by atoms with Crippen LogP contribution in [0.15, 0.2) is 77.0 Å². The van der Waals surface area contributed by atoms with E-state index in [9.17, 15) is 4.79 Å². The maximum absolute atomic E-state index is 12.4. The standard InChI is InChI=1S/C28H28N6OS/c1-4-33-24-9-7-6-8-22(24)23-16-20(12-15-25(23)33)17-29-30-26(35)18-36-28-32-31-27(34(28)5-2)21-13-10-19(3)11-14-21/h6-17H,4-5,18H2,1-3H3,(H,30,35)/b29-17-. The van der Waals surface area contributed by atoms with Gasteiger partial charge in [0.05, 0.1) is 12.0 Å². The van der Waals surface area contributed by atoms with Gasteiger partial charge in [-0.3, -0.25) is 4.79 Å². The van der Waals surface area contributed by atoms with Gasteiger partial charge in [0.2, 0.25) is 0 Å². The summed E-state index contributed by atoms with van der Waals surface area (Å²) in [7, 11) is 0. The summed E-state index contributed by atoms with van der Waals surface area (Å²) in [6.07, 6.45) is 1.68. The van der Waals surface area contributed by atoms with Gasteiger partial charge in [-0.25, -0.2) is 5.43 Å². The normalized spacial score (nSPS) is 11.6. The van der Waals surface area contributed by atoms with E-state index in [0.717, 1.165) is 30.0 Å². The minimum atomic E-state index is -0.192. The predicted octanol–water partition coefficient (Wildman–Crippen LogP) is 5.64. The highest BCUT2D eigenvalue weighted by Gasteiger charge is 2.14. The fraction of sp³-hybridized carbons (Fsp3) is 0.214. The van der Waals surface area contributed by atoms with Crippen LogP contribution in [0.5, 0.6) is 0 Å². The van der Waals surface area contributed by atoms with Crippen molar-refractivity contribution in [3.05, 3.63) is 77.9 Å². The van der Waals surface area contributed by atoms with E-state index in [-0.39, 0.29) is 11.7 Å². The van der Waals surface area contributed by atoms with Crippen LogP contribution in [-0.2, 0) is 17.9 Å². The Balaban J connectivity index is 1.24. The third-order valence-electron chi connectivity index (χ3n) is 6.19. The van der Waals surface area contributed by atoms with Gasteiger partial charge in [0.25, 0.3) is 5.91 Å². The number of aryl methyl sites for hydroxylation is 2. The van der Waals surface area contributed by atoms with Crippen LogP contribution in [0.4, 0.5) is 0 Å². The first kappa shape index (κ1) is 23.8. The molecule has 0 spiro atoms. The van der Waals surface area contributed by atoms with E-state index < -0.39 is 0 Å². The average Bonchev–Trinajstić information content (AvgIpc) is 3.46. The van der Waals surface area contributed by atoms with Gasteiger partial charge in [-0.05, 0) is 44.5 Å². The SMILES string of the molecule is CCn1c(SCC(=O)N/N=C\c2ccc3c(c2)c2ccccc2n3CC)nnc1-c1ccc(C)cc1. The van der Waals surface area contributed by atoms with Gasteiger partial charge in [-0.1, -0.05) is 65.9 Å².